The minimum Gasteiger partial charge on any atom is -0.382 e. The van der Waals surface area contributed by atoms with Gasteiger partial charge in [0.25, 0.3) is 5.91 Å². The Morgan fingerprint density at radius 1 is 1.78 bits per heavy atom. The molecule has 0 saturated heterocycles. The van der Waals surface area contributed by atoms with E-state index in [0.29, 0.717) is 5.56 Å². The molecule has 0 aliphatic rings. The fourth-order valence-electron chi connectivity index (χ4n) is 0.430. The number of anilines is 1. The fraction of sp³-hybridized carbons (Fsp3) is 0. The maximum absolute atomic E-state index is 10.4. The van der Waals surface area contributed by atoms with Crippen molar-refractivity contribution in [2.45, 2.75) is 0 Å². The normalized spacial score (nSPS) is 9.33. The summed E-state index contributed by atoms with van der Waals surface area (Å²) in [5.74, 6) is -0.311. The van der Waals surface area contributed by atoms with Crippen molar-refractivity contribution in [2.75, 3.05) is 5.73 Å². The molecule has 0 aliphatic heterocycles. The van der Waals surface area contributed by atoms with E-state index in [0.717, 1.165) is 11.5 Å². The van der Waals surface area contributed by atoms with Crippen LogP contribution in [0.15, 0.2) is 5.38 Å². The molecule has 0 spiro atoms. The molecule has 1 aromatic heterocycles. The highest BCUT2D eigenvalue weighted by molar-refractivity contribution is 7.04. The molecule has 0 bridgehead atoms. The van der Waals surface area contributed by atoms with E-state index in [4.69, 9.17) is 11.5 Å². The summed E-state index contributed by atoms with van der Waals surface area (Å²) in [4.78, 5) is 10.4. The highest BCUT2D eigenvalue weighted by Gasteiger charge is 2.05. The van der Waals surface area contributed by atoms with Crippen LogP contribution in [0.2, 0.25) is 0 Å². The van der Waals surface area contributed by atoms with Crippen LogP contribution in [0.5, 0.6) is 0 Å². The number of rotatable bonds is 1. The maximum Gasteiger partial charge on any atom is 0.253 e. The summed E-state index contributed by atoms with van der Waals surface area (Å²) in [6, 6.07) is 0. The Morgan fingerprint density at radius 3 is 2.67 bits per heavy atom. The molecule has 48 valence electrons. The van der Waals surface area contributed by atoms with Crippen LogP contribution >= 0.6 is 11.5 Å². The van der Waals surface area contributed by atoms with Gasteiger partial charge >= 0.3 is 0 Å². The number of hydrogen-bond acceptors (Lipinski definition) is 4. The topological polar surface area (TPSA) is 82.0 Å². The molecule has 0 unspecified atom stereocenters. The quantitative estimate of drug-likeness (QED) is 0.572. The molecule has 9 heavy (non-hydrogen) atoms. The summed E-state index contributed by atoms with van der Waals surface area (Å²) in [7, 11) is 0. The van der Waals surface area contributed by atoms with E-state index in [-0.39, 0.29) is 5.82 Å². The van der Waals surface area contributed by atoms with E-state index >= 15 is 0 Å². The predicted molar refractivity (Wildman–Crippen MR) is 35.0 cm³/mol. The summed E-state index contributed by atoms with van der Waals surface area (Å²) >= 11 is 1.12. The van der Waals surface area contributed by atoms with Gasteiger partial charge in [-0.15, -0.1) is 0 Å². The Labute approximate surface area is 55.6 Å². The predicted octanol–water partition coefficient (Wildman–Crippen LogP) is -0.176. The highest BCUT2D eigenvalue weighted by atomic mass is 32.1. The summed E-state index contributed by atoms with van der Waals surface area (Å²) < 4.78 is 3.66. The standard InChI is InChI=1S/C4H5N3OS/c5-3-2(4(6)8)1-9-7-3/h1H,(H2,5,7)(H2,6,8). The molecule has 1 amide bonds. The van der Waals surface area contributed by atoms with E-state index < -0.39 is 5.91 Å². The Morgan fingerprint density at radius 2 is 2.44 bits per heavy atom. The number of aromatic nitrogens is 1. The van der Waals surface area contributed by atoms with Crippen molar-refractivity contribution < 1.29 is 4.79 Å². The van der Waals surface area contributed by atoms with Crippen LogP contribution in [0.1, 0.15) is 10.4 Å². The molecule has 1 aromatic rings. The molecule has 4 nitrogen and oxygen atoms in total. The molecule has 0 saturated carbocycles. The van der Waals surface area contributed by atoms with Gasteiger partial charge in [0.2, 0.25) is 0 Å². The molecule has 0 radical (unpaired) electrons. The molecular weight excluding hydrogens is 138 g/mol. The van der Waals surface area contributed by atoms with Crippen molar-refractivity contribution in [2.24, 2.45) is 5.73 Å². The number of carbonyl (C=O) groups is 1. The van der Waals surface area contributed by atoms with Crippen molar-refractivity contribution in [1.29, 1.82) is 0 Å². The summed E-state index contributed by atoms with van der Waals surface area (Å²) in [5.41, 5.74) is 10.5. The third kappa shape index (κ3) is 0.996. The summed E-state index contributed by atoms with van der Waals surface area (Å²) in [6.45, 7) is 0. The molecule has 1 rings (SSSR count). The Balaban J connectivity index is 3.08. The fourth-order valence-corrected chi connectivity index (χ4v) is 1.04. The third-order valence-electron chi connectivity index (χ3n) is 0.863. The first kappa shape index (κ1) is 6.03. The van der Waals surface area contributed by atoms with Crippen molar-refractivity contribution >= 4 is 23.3 Å². The minimum atomic E-state index is -0.527. The molecule has 0 aromatic carbocycles. The van der Waals surface area contributed by atoms with E-state index in [2.05, 4.69) is 4.37 Å². The van der Waals surface area contributed by atoms with Gasteiger partial charge in [-0.05, 0) is 11.5 Å². The number of nitrogens with zero attached hydrogens (tertiary/aromatic N) is 1. The largest absolute Gasteiger partial charge is 0.382 e. The van der Waals surface area contributed by atoms with Crippen LogP contribution in [-0.2, 0) is 0 Å². The van der Waals surface area contributed by atoms with Crippen LogP contribution in [0.3, 0.4) is 0 Å². The average molecular weight is 143 g/mol. The second kappa shape index (κ2) is 2.02. The molecule has 5 heteroatoms. The number of nitrogen functional groups attached to an aromatic ring is 1. The minimum absolute atomic E-state index is 0.215. The Bertz CT molecular complexity index is 231. The highest BCUT2D eigenvalue weighted by Crippen LogP contribution is 2.10. The van der Waals surface area contributed by atoms with Crippen molar-refractivity contribution in [1.82, 2.24) is 4.37 Å². The first-order valence-corrected chi connectivity index (χ1v) is 3.05. The third-order valence-corrected chi connectivity index (χ3v) is 1.51. The molecule has 0 atom stereocenters. The number of carbonyl (C=O) groups excluding carboxylic acids is 1. The van der Waals surface area contributed by atoms with Crippen LogP contribution in [0.25, 0.3) is 0 Å². The van der Waals surface area contributed by atoms with E-state index in [9.17, 15) is 4.79 Å². The van der Waals surface area contributed by atoms with Crippen molar-refractivity contribution in [3.63, 3.8) is 0 Å². The van der Waals surface area contributed by atoms with Crippen molar-refractivity contribution in [3.05, 3.63) is 10.9 Å². The van der Waals surface area contributed by atoms with Gasteiger partial charge in [-0.25, -0.2) is 0 Å². The van der Waals surface area contributed by atoms with Crippen molar-refractivity contribution in [3.8, 4) is 0 Å². The van der Waals surface area contributed by atoms with Gasteiger partial charge in [-0.3, -0.25) is 4.79 Å². The molecule has 0 fully saturated rings. The van der Waals surface area contributed by atoms with E-state index in [1.807, 2.05) is 0 Å². The van der Waals surface area contributed by atoms with Crippen LogP contribution in [0.4, 0.5) is 5.82 Å². The van der Waals surface area contributed by atoms with E-state index in [1.165, 1.54) is 5.38 Å². The van der Waals surface area contributed by atoms with Gasteiger partial charge in [0.05, 0.1) is 5.56 Å². The number of amides is 1. The Hall–Kier alpha value is -1.10. The lowest BCUT2D eigenvalue weighted by Gasteiger charge is -1.86. The molecule has 1 heterocycles. The average Bonchev–Trinajstić information content (AvgIpc) is 2.13. The molecular formula is C4H5N3OS. The second-order valence-electron chi connectivity index (χ2n) is 1.48. The first-order valence-electron chi connectivity index (χ1n) is 2.21. The van der Waals surface area contributed by atoms with Crippen LogP contribution in [-0.4, -0.2) is 10.3 Å². The number of nitrogens with two attached hydrogens (primary N) is 2. The smallest absolute Gasteiger partial charge is 0.253 e. The maximum atomic E-state index is 10.4. The number of hydrogen-bond donors (Lipinski definition) is 2. The van der Waals surface area contributed by atoms with Gasteiger partial charge in [-0.2, -0.15) is 4.37 Å². The van der Waals surface area contributed by atoms with Crippen LogP contribution < -0.4 is 11.5 Å². The second-order valence-corrected chi connectivity index (χ2v) is 2.11. The zero-order valence-corrected chi connectivity index (χ0v) is 5.31. The SMILES string of the molecule is NC(=O)c1csnc1N. The molecule has 0 aliphatic carbocycles. The van der Waals surface area contributed by atoms with E-state index in [1.54, 1.807) is 0 Å². The zero-order valence-electron chi connectivity index (χ0n) is 4.50. The summed E-state index contributed by atoms with van der Waals surface area (Å²) in [5, 5.41) is 1.53. The van der Waals surface area contributed by atoms with Gasteiger partial charge in [0, 0.05) is 5.38 Å². The molecule has 4 N–H and O–H groups in total. The van der Waals surface area contributed by atoms with Gasteiger partial charge < -0.3 is 11.5 Å². The van der Waals surface area contributed by atoms with Gasteiger partial charge in [0.1, 0.15) is 5.82 Å². The zero-order chi connectivity index (χ0) is 6.85. The van der Waals surface area contributed by atoms with Crippen LogP contribution in [0, 0.1) is 0 Å². The first-order chi connectivity index (χ1) is 4.22. The van der Waals surface area contributed by atoms with Gasteiger partial charge in [-0.1, -0.05) is 0 Å². The lowest BCUT2D eigenvalue weighted by atomic mass is 10.3. The lowest BCUT2D eigenvalue weighted by molar-refractivity contribution is 0.100. The monoisotopic (exact) mass is 143 g/mol. The number of primary amides is 1. The summed E-state index contributed by atoms with van der Waals surface area (Å²) in [6.07, 6.45) is 0. The van der Waals surface area contributed by atoms with Gasteiger partial charge in [0.15, 0.2) is 0 Å². The Kier molecular flexibility index (Phi) is 1.35. The lowest BCUT2D eigenvalue weighted by Crippen LogP contribution is -2.11.